The van der Waals surface area contributed by atoms with Gasteiger partial charge < -0.3 is 31.2 Å². The molecule has 0 bridgehead atoms. The van der Waals surface area contributed by atoms with Crippen molar-refractivity contribution in [1.29, 1.82) is 0 Å². The van der Waals surface area contributed by atoms with Crippen molar-refractivity contribution in [1.82, 2.24) is 14.7 Å². The molecule has 0 spiro atoms. The number of hydrogen-bond acceptors (Lipinski definition) is 7. The van der Waals surface area contributed by atoms with E-state index in [0.29, 0.717) is 44.8 Å². The number of anilines is 2. The van der Waals surface area contributed by atoms with E-state index in [9.17, 15) is 14.0 Å². The van der Waals surface area contributed by atoms with Crippen LogP contribution in [0.3, 0.4) is 0 Å². The molecule has 1 aliphatic rings. The Labute approximate surface area is 192 Å². The van der Waals surface area contributed by atoms with Crippen molar-refractivity contribution in [3.05, 3.63) is 41.8 Å². The molecule has 1 aliphatic heterocycles. The van der Waals surface area contributed by atoms with Gasteiger partial charge in [-0.2, -0.15) is 5.10 Å². The summed E-state index contributed by atoms with van der Waals surface area (Å²) in [5, 5.41) is 7.54. The summed E-state index contributed by atoms with van der Waals surface area (Å²) in [7, 11) is 1.56. The van der Waals surface area contributed by atoms with Gasteiger partial charge in [0, 0.05) is 38.6 Å². The lowest BCUT2D eigenvalue weighted by molar-refractivity contribution is 0.0210. The Balaban J connectivity index is 1.68. The van der Waals surface area contributed by atoms with Gasteiger partial charge in [-0.3, -0.25) is 9.48 Å². The number of nitrogens with two attached hydrogens (primary N) is 2. The summed E-state index contributed by atoms with van der Waals surface area (Å²) in [6.45, 7) is 3.49. The molecule has 33 heavy (non-hydrogen) atoms. The minimum Gasteiger partial charge on any atom is -0.444 e. The van der Waals surface area contributed by atoms with E-state index in [1.807, 2.05) is 0 Å². The third kappa shape index (κ3) is 6.20. The number of carbonyl (C=O) groups is 2. The highest BCUT2D eigenvalue weighted by atomic mass is 19.1. The van der Waals surface area contributed by atoms with Crippen LogP contribution < -0.4 is 16.8 Å². The minimum absolute atomic E-state index is 0.148. The van der Waals surface area contributed by atoms with Crippen LogP contribution in [0.25, 0.3) is 0 Å². The first kappa shape index (κ1) is 24.5. The Kier molecular flexibility index (Phi) is 8.23. The standard InChI is InChI=1S/C22H31FN6O4/c1-14(13-32-2)33-22(31)28-9-7-15(8-10-28)19(11-24)29-12-18(20(25)30)21(27-29)26-17-5-3-16(23)4-6-17/h3-6,12,14-15,19H,7-11,13,24H2,1-2H3,(H2,25,30)(H,26,27)/t14?,19-/m0/s1. The minimum atomic E-state index is -0.635. The van der Waals surface area contributed by atoms with Crippen LogP contribution in [0.4, 0.5) is 20.7 Å². The maximum absolute atomic E-state index is 13.2. The lowest BCUT2D eigenvalue weighted by Gasteiger charge is -2.35. The predicted octanol–water partition coefficient (Wildman–Crippen LogP) is 2.25. The Bertz CT molecular complexity index is 943. The molecule has 5 N–H and O–H groups in total. The zero-order chi connectivity index (χ0) is 24.0. The highest BCUT2D eigenvalue weighted by Crippen LogP contribution is 2.30. The molecule has 1 saturated heterocycles. The quantitative estimate of drug-likeness (QED) is 0.520. The molecule has 1 aromatic heterocycles. The van der Waals surface area contributed by atoms with Gasteiger partial charge in [-0.15, -0.1) is 0 Å². The van der Waals surface area contributed by atoms with E-state index in [2.05, 4.69) is 10.4 Å². The molecule has 0 aliphatic carbocycles. The molecule has 2 aromatic rings. The van der Waals surface area contributed by atoms with E-state index in [4.69, 9.17) is 20.9 Å². The Morgan fingerprint density at radius 1 is 1.27 bits per heavy atom. The number of piperidine rings is 1. The summed E-state index contributed by atoms with van der Waals surface area (Å²) >= 11 is 0. The van der Waals surface area contributed by atoms with Gasteiger partial charge in [0.1, 0.15) is 17.5 Å². The van der Waals surface area contributed by atoms with Gasteiger partial charge in [-0.05, 0) is 49.9 Å². The third-order valence-electron chi connectivity index (χ3n) is 5.73. The average Bonchev–Trinajstić information content (AvgIpc) is 3.20. The van der Waals surface area contributed by atoms with Crippen molar-refractivity contribution in [2.45, 2.75) is 31.9 Å². The Hall–Kier alpha value is -3.18. The fourth-order valence-corrected chi connectivity index (χ4v) is 4.00. The second-order valence-electron chi connectivity index (χ2n) is 8.14. The molecular formula is C22H31FN6O4. The second kappa shape index (κ2) is 11.1. The number of methoxy groups -OCH3 is 1. The molecule has 1 fully saturated rings. The number of amides is 2. The van der Waals surface area contributed by atoms with Crippen LogP contribution in [0.2, 0.25) is 0 Å². The van der Waals surface area contributed by atoms with Crippen LogP contribution in [0.1, 0.15) is 36.2 Å². The highest BCUT2D eigenvalue weighted by molar-refractivity contribution is 5.98. The van der Waals surface area contributed by atoms with Crippen molar-refractivity contribution in [2.24, 2.45) is 17.4 Å². The number of nitrogens with zero attached hydrogens (tertiary/aromatic N) is 3. The van der Waals surface area contributed by atoms with Gasteiger partial charge >= 0.3 is 6.09 Å². The zero-order valence-corrected chi connectivity index (χ0v) is 18.9. The maximum atomic E-state index is 13.2. The van der Waals surface area contributed by atoms with Crippen LogP contribution in [-0.2, 0) is 9.47 Å². The number of ether oxygens (including phenoxy) is 2. The first-order valence-corrected chi connectivity index (χ1v) is 10.9. The molecule has 11 heteroatoms. The van der Waals surface area contributed by atoms with E-state index >= 15 is 0 Å². The number of primary amides is 1. The summed E-state index contributed by atoms with van der Waals surface area (Å²) in [4.78, 5) is 26.0. The van der Waals surface area contributed by atoms with E-state index in [-0.39, 0.29) is 41.4 Å². The lowest BCUT2D eigenvalue weighted by atomic mass is 9.89. The normalized spacial score (nSPS) is 16.3. The average molecular weight is 463 g/mol. The number of halogens is 1. The van der Waals surface area contributed by atoms with E-state index in [1.165, 1.54) is 12.1 Å². The highest BCUT2D eigenvalue weighted by Gasteiger charge is 2.31. The molecule has 0 radical (unpaired) electrons. The van der Waals surface area contributed by atoms with Crippen LogP contribution in [0.5, 0.6) is 0 Å². The number of nitrogens with one attached hydrogen (secondary N) is 1. The number of benzene rings is 1. The van der Waals surface area contributed by atoms with Gasteiger partial charge in [-0.1, -0.05) is 0 Å². The summed E-state index contributed by atoms with van der Waals surface area (Å²) in [6.07, 6.45) is 2.33. The van der Waals surface area contributed by atoms with Crippen LogP contribution in [-0.4, -0.2) is 66.1 Å². The summed E-state index contributed by atoms with van der Waals surface area (Å²) in [5.41, 5.74) is 12.4. The number of rotatable bonds is 9. The zero-order valence-electron chi connectivity index (χ0n) is 18.9. The van der Waals surface area contributed by atoms with Crippen molar-refractivity contribution in [3.63, 3.8) is 0 Å². The summed E-state index contributed by atoms with van der Waals surface area (Å²) in [5.74, 6) is -0.576. The molecular weight excluding hydrogens is 431 g/mol. The van der Waals surface area contributed by atoms with Crippen LogP contribution >= 0.6 is 0 Å². The smallest absolute Gasteiger partial charge is 0.410 e. The van der Waals surface area contributed by atoms with Gasteiger partial charge in [0.2, 0.25) is 0 Å². The third-order valence-corrected chi connectivity index (χ3v) is 5.73. The number of aromatic nitrogens is 2. The molecule has 2 atom stereocenters. The first-order valence-electron chi connectivity index (χ1n) is 10.9. The van der Waals surface area contributed by atoms with Gasteiger partial charge in [0.25, 0.3) is 5.91 Å². The Morgan fingerprint density at radius 2 is 1.94 bits per heavy atom. The largest absolute Gasteiger partial charge is 0.444 e. The van der Waals surface area contributed by atoms with E-state index in [1.54, 1.807) is 41.9 Å². The van der Waals surface area contributed by atoms with E-state index in [0.717, 1.165) is 0 Å². The van der Waals surface area contributed by atoms with E-state index < -0.39 is 5.91 Å². The molecule has 10 nitrogen and oxygen atoms in total. The second-order valence-corrected chi connectivity index (χ2v) is 8.14. The summed E-state index contributed by atoms with van der Waals surface area (Å²) in [6, 6.07) is 5.52. The van der Waals surface area contributed by atoms with Gasteiger partial charge in [0.05, 0.1) is 12.6 Å². The molecule has 1 unspecified atom stereocenters. The van der Waals surface area contributed by atoms with Crippen LogP contribution in [0.15, 0.2) is 30.5 Å². The van der Waals surface area contributed by atoms with Crippen molar-refractivity contribution in [2.75, 3.05) is 38.7 Å². The van der Waals surface area contributed by atoms with Crippen molar-refractivity contribution < 1.29 is 23.5 Å². The molecule has 2 amide bonds. The molecule has 0 saturated carbocycles. The van der Waals surface area contributed by atoms with Gasteiger partial charge in [-0.25, -0.2) is 9.18 Å². The first-order chi connectivity index (χ1) is 15.8. The lowest BCUT2D eigenvalue weighted by Crippen LogP contribution is -2.43. The monoisotopic (exact) mass is 462 g/mol. The fraction of sp³-hybridized carbons (Fsp3) is 0.500. The molecule has 2 heterocycles. The number of carbonyl (C=O) groups excluding carboxylic acids is 2. The van der Waals surface area contributed by atoms with Crippen molar-refractivity contribution in [3.8, 4) is 0 Å². The Morgan fingerprint density at radius 3 is 2.52 bits per heavy atom. The van der Waals surface area contributed by atoms with Gasteiger partial charge in [0.15, 0.2) is 5.82 Å². The summed E-state index contributed by atoms with van der Waals surface area (Å²) < 4.78 is 25.2. The van der Waals surface area contributed by atoms with Crippen molar-refractivity contribution >= 4 is 23.5 Å². The topological polar surface area (TPSA) is 138 Å². The SMILES string of the molecule is COCC(C)OC(=O)N1CCC([C@H](CN)n2cc(C(N)=O)c(Nc3ccc(F)cc3)n2)CC1. The number of likely N-dealkylation sites (tertiary alicyclic amines) is 1. The van der Waals surface area contributed by atoms with Crippen LogP contribution in [0, 0.1) is 11.7 Å². The molecule has 180 valence electrons. The number of hydrogen-bond donors (Lipinski definition) is 3. The fourth-order valence-electron chi connectivity index (χ4n) is 4.00. The predicted molar refractivity (Wildman–Crippen MR) is 121 cm³/mol. The maximum Gasteiger partial charge on any atom is 0.410 e. The molecule has 3 rings (SSSR count). The molecule has 1 aromatic carbocycles.